The highest BCUT2D eigenvalue weighted by Gasteiger charge is 2.23. The van der Waals surface area contributed by atoms with E-state index in [1.807, 2.05) is 60.7 Å². The molecule has 4 aromatic rings. The van der Waals surface area contributed by atoms with E-state index in [0.717, 1.165) is 28.1 Å². The molecule has 162 valence electrons. The summed E-state index contributed by atoms with van der Waals surface area (Å²) in [5, 5.41) is 11.0. The number of fused-ring (bicyclic) bond motifs is 1. The van der Waals surface area contributed by atoms with Crippen molar-refractivity contribution in [3.8, 4) is 5.88 Å². The van der Waals surface area contributed by atoms with E-state index in [2.05, 4.69) is 11.6 Å². The van der Waals surface area contributed by atoms with Gasteiger partial charge in [0.05, 0.1) is 22.0 Å². The van der Waals surface area contributed by atoms with E-state index in [9.17, 15) is 9.50 Å². The number of aromatic hydroxyl groups is 1. The van der Waals surface area contributed by atoms with Crippen molar-refractivity contribution in [2.75, 3.05) is 0 Å². The van der Waals surface area contributed by atoms with Crippen LogP contribution in [-0.2, 0) is 6.54 Å². The highest BCUT2D eigenvalue weighted by molar-refractivity contribution is 7.10. The van der Waals surface area contributed by atoms with Crippen LogP contribution in [0.15, 0.2) is 102 Å². The standard InChI is InChI=1S/C27H20FN3OS/c1-2-16-31-26(32)24(33-27(31)29-20-14-12-19(28)13-15-20)17-22-21-10-6-7-11-23(21)30-25(22)18-8-4-3-5-9-18/h2-15,17,32H,1,16H2. The quantitative estimate of drug-likeness (QED) is 0.345. The molecule has 5 rings (SSSR count). The second-order valence-electron chi connectivity index (χ2n) is 7.46. The Hall–Kier alpha value is -4.03. The topological polar surface area (TPSA) is 49.9 Å². The first-order valence-electron chi connectivity index (χ1n) is 10.4. The number of thiazole rings is 1. The van der Waals surface area contributed by atoms with Crippen LogP contribution >= 0.6 is 11.3 Å². The zero-order valence-electron chi connectivity index (χ0n) is 17.6. The van der Waals surface area contributed by atoms with Crippen LogP contribution in [0.1, 0.15) is 16.0 Å². The zero-order chi connectivity index (χ0) is 22.8. The smallest absolute Gasteiger partial charge is 0.211 e. The van der Waals surface area contributed by atoms with Gasteiger partial charge in [-0.25, -0.2) is 14.4 Å². The lowest BCUT2D eigenvalue weighted by atomic mass is 9.97. The van der Waals surface area contributed by atoms with Crippen molar-refractivity contribution < 1.29 is 9.50 Å². The van der Waals surface area contributed by atoms with Crippen LogP contribution < -0.4 is 4.80 Å². The van der Waals surface area contributed by atoms with Crippen molar-refractivity contribution in [3.05, 3.63) is 118 Å². The van der Waals surface area contributed by atoms with Crippen molar-refractivity contribution in [3.63, 3.8) is 0 Å². The van der Waals surface area contributed by atoms with Gasteiger partial charge in [-0.1, -0.05) is 65.9 Å². The van der Waals surface area contributed by atoms with Crippen LogP contribution in [0, 0.1) is 5.82 Å². The lowest BCUT2D eigenvalue weighted by Gasteiger charge is -2.06. The molecule has 0 saturated carbocycles. The van der Waals surface area contributed by atoms with Gasteiger partial charge in [-0.05, 0) is 36.4 Å². The zero-order valence-corrected chi connectivity index (χ0v) is 18.5. The molecule has 1 aromatic heterocycles. The average molecular weight is 454 g/mol. The Bertz CT molecular complexity index is 1460. The van der Waals surface area contributed by atoms with Gasteiger partial charge in [-0.3, -0.25) is 4.57 Å². The molecule has 1 N–H and O–H groups in total. The number of para-hydroxylation sites is 1. The maximum Gasteiger partial charge on any atom is 0.211 e. The van der Waals surface area contributed by atoms with Gasteiger partial charge in [0.2, 0.25) is 5.88 Å². The molecule has 33 heavy (non-hydrogen) atoms. The number of aromatic nitrogens is 1. The molecule has 1 aliphatic rings. The SMILES string of the molecule is C=CCn1c(O)c(C=C2C(c3ccccc3)=Nc3ccccc32)sc1=Nc1ccc(F)cc1. The third kappa shape index (κ3) is 4.08. The fourth-order valence-corrected chi connectivity index (χ4v) is 4.72. The van der Waals surface area contributed by atoms with Gasteiger partial charge < -0.3 is 5.11 Å². The minimum absolute atomic E-state index is 0.102. The maximum absolute atomic E-state index is 13.3. The number of hydrogen-bond donors (Lipinski definition) is 1. The molecule has 0 radical (unpaired) electrons. The number of hydrogen-bond acceptors (Lipinski definition) is 4. The van der Waals surface area contributed by atoms with E-state index in [-0.39, 0.29) is 11.7 Å². The largest absolute Gasteiger partial charge is 0.493 e. The average Bonchev–Trinajstić information content (AvgIpc) is 3.35. The molecule has 6 heteroatoms. The molecule has 0 spiro atoms. The summed E-state index contributed by atoms with van der Waals surface area (Å²) in [6, 6.07) is 23.9. The number of benzene rings is 3. The molecule has 0 aliphatic carbocycles. The van der Waals surface area contributed by atoms with Crippen LogP contribution in [0.2, 0.25) is 0 Å². The molecule has 3 aromatic carbocycles. The van der Waals surface area contributed by atoms with Crippen LogP contribution in [0.25, 0.3) is 11.6 Å². The van der Waals surface area contributed by atoms with Crippen LogP contribution in [0.3, 0.4) is 0 Å². The molecular formula is C27H20FN3OS. The molecule has 0 unspecified atom stereocenters. The molecule has 0 fully saturated rings. The van der Waals surface area contributed by atoms with Gasteiger partial charge in [0.15, 0.2) is 4.80 Å². The molecule has 1 aliphatic heterocycles. The lowest BCUT2D eigenvalue weighted by molar-refractivity contribution is 0.421. The van der Waals surface area contributed by atoms with E-state index in [1.165, 1.54) is 23.5 Å². The lowest BCUT2D eigenvalue weighted by Crippen LogP contribution is -2.12. The normalized spacial score (nSPS) is 14.4. The van der Waals surface area contributed by atoms with Crippen LogP contribution in [0.4, 0.5) is 15.8 Å². The molecular weight excluding hydrogens is 433 g/mol. The molecule has 4 nitrogen and oxygen atoms in total. The summed E-state index contributed by atoms with van der Waals surface area (Å²) >= 11 is 1.36. The van der Waals surface area contributed by atoms with Crippen LogP contribution in [0.5, 0.6) is 5.88 Å². The Morgan fingerprint density at radius 2 is 1.73 bits per heavy atom. The molecule has 0 saturated heterocycles. The second kappa shape index (κ2) is 8.84. The summed E-state index contributed by atoms with van der Waals surface area (Å²) < 4.78 is 15.0. The van der Waals surface area contributed by atoms with E-state index < -0.39 is 0 Å². The summed E-state index contributed by atoms with van der Waals surface area (Å²) in [5.41, 5.74) is 5.31. The highest BCUT2D eigenvalue weighted by Crippen LogP contribution is 2.39. The molecule has 2 heterocycles. The predicted octanol–water partition coefficient (Wildman–Crippen LogP) is 6.49. The minimum Gasteiger partial charge on any atom is -0.493 e. The highest BCUT2D eigenvalue weighted by atomic mass is 32.1. The van der Waals surface area contributed by atoms with Gasteiger partial charge in [-0.2, -0.15) is 0 Å². The molecule has 0 bridgehead atoms. The predicted molar refractivity (Wildman–Crippen MR) is 133 cm³/mol. The Morgan fingerprint density at radius 1 is 1.00 bits per heavy atom. The summed E-state index contributed by atoms with van der Waals surface area (Å²) in [6.07, 6.45) is 3.66. The Balaban J connectivity index is 1.67. The Morgan fingerprint density at radius 3 is 2.48 bits per heavy atom. The maximum atomic E-state index is 13.3. The number of allylic oxidation sites excluding steroid dienone is 2. The summed E-state index contributed by atoms with van der Waals surface area (Å²) in [5.74, 6) is -0.218. The third-order valence-electron chi connectivity index (χ3n) is 5.28. The Labute approximate surface area is 194 Å². The van der Waals surface area contributed by atoms with E-state index >= 15 is 0 Å². The monoisotopic (exact) mass is 453 g/mol. The van der Waals surface area contributed by atoms with Crippen molar-refractivity contribution in [1.29, 1.82) is 0 Å². The molecule has 0 atom stereocenters. The van der Waals surface area contributed by atoms with Crippen molar-refractivity contribution in [2.24, 2.45) is 9.98 Å². The Kier molecular flexibility index (Phi) is 5.59. The first kappa shape index (κ1) is 20.8. The number of halogens is 1. The van der Waals surface area contributed by atoms with Crippen molar-refractivity contribution in [1.82, 2.24) is 4.57 Å². The number of aliphatic imine (C=N–C) groups is 1. The second-order valence-corrected chi connectivity index (χ2v) is 8.47. The van der Waals surface area contributed by atoms with Crippen molar-refractivity contribution in [2.45, 2.75) is 6.54 Å². The van der Waals surface area contributed by atoms with Gasteiger partial charge in [0.1, 0.15) is 5.82 Å². The summed E-state index contributed by atoms with van der Waals surface area (Å²) in [7, 11) is 0. The third-order valence-corrected chi connectivity index (χ3v) is 6.29. The fourth-order valence-electron chi connectivity index (χ4n) is 3.72. The van der Waals surface area contributed by atoms with Gasteiger partial charge in [0.25, 0.3) is 0 Å². The van der Waals surface area contributed by atoms with E-state index in [0.29, 0.717) is 21.9 Å². The summed E-state index contributed by atoms with van der Waals surface area (Å²) in [4.78, 5) is 10.7. The van der Waals surface area contributed by atoms with Gasteiger partial charge in [-0.15, -0.1) is 6.58 Å². The first-order chi connectivity index (χ1) is 16.1. The fraction of sp³-hybridized carbons (Fsp3) is 0.0370. The number of nitrogens with zero attached hydrogens (tertiary/aromatic N) is 3. The summed E-state index contributed by atoms with van der Waals surface area (Å²) in [6.45, 7) is 4.19. The molecule has 0 amide bonds. The van der Waals surface area contributed by atoms with Gasteiger partial charge >= 0.3 is 0 Å². The van der Waals surface area contributed by atoms with Crippen LogP contribution in [-0.4, -0.2) is 15.4 Å². The van der Waals surface area contributed by atoms with Crippen molar-refractivity contribution >= 4 is 40.1 Å². The minimum atomic E-state index is -0.319. The van der Waals surface area contributed by atoms with Gasteiger partial charge in [0, 0.05) is 23.2 Å². The first-order valence-corrected chi connectivity index (χ1v) is 11.2. The van der Waals surface area contributed by atoms with E-state index in [1.54, 1.807) is 22.8 Å². The number of rotatable bonds is 5. The van der Waals surface area contributed by atoms with E-state index in [4.69, 9.17) is 4.99 Å².